The van der Waals surface area contributed by atoms with Gasteiger partial charge in [0.2, 0.25) is 0 Å². The van der Waals surface area contributed by atoms with E-state index < -0.39 is 18.2 Å². The third-order valence-corrected chi connectivity index (χ3v) is 5.20. The molecule has 23 heavy (non-hydrogen) atoms. The van der Waals surface area contributed by atoms with Crippen molar-refractivity contribution in [2.45, 2.75) is 19.2 Å². The molecule has 0 spiro atoms. The Morgan fingerprint density at radius 1 is 1.30 bits per heavy atom. The number of rotatable bonds is 6. The number of anilines is 1. The highest BCUT2D eigenvalue weighted by Crippen LogP contribution is 2.58. The van der Waals surface area contributed by atoms with Gasteiger partial charge in [-0.25, -0.2) is 0 Å². The highest BCUT2D eigenvalue weighted by atomic mass is 31.2. The average Bonchev–Trinajstić information content (AvgIpc) is 2.53. The van der Waals surface area contributed by atoms with Gasteiger partial charge < -0.3 is 15.2 Å². The standard InChI is InChI=1S/C15H17N2O5P/c1-11(14-9-13(16)7-8-15(14)17(18)19)23(20,21)22-10-12-5-3-2-4-6-12/h2-9,11H,10,16H2,1H3,(H,20,21). The van der Waals surface area contributed by atoms with E-state index in [4.69, 9.17) is 10.3 Å². The molecular formula is C15H17N2O5P. The number of nitrogens with two attached hydrogens (primary N) is 1. The molecule has 2 aromatic carbocycles. The van der Waals surface area contributed by atoms with E-state index in [2.05, 4.69) is 0 Å². The minimum Gasteiger partial charge on any atom is -0.399 e. The number of nitrogens with zero attached hydrogens (tertiary/aromatic N) is 1. The lowest BCUT2D eigenvalue weighted by atomic mass is 10.1. The molecule has 2 rings (SSSR count). The molecule has 0 aliphatic rings. The smallest absolute Gasteiger partial charge is 0.335 e. The van der Waals surface area contributed by atoms with Crippen molar-refractivity contribution in [2.75, 3.05) is 5.73 Å². The van der Waals surface area contributed by atoms with Crippen molar-refractivity contribution in [2.24, 2.45) is 0 Å². The second-order valence-corrected chi connectivity index (χ2v) is 7.24. The van der Waals surface area contributed by atoms with Crippen LogP contribution in [0.3, 0.4) is 0 Å². The van der Waals surface area contributed by atoms with Gasteiger partial charge in [-0.3, -0.25) is 14.7 Å². The Hall–Kier alpha value is -2.21. The number of nitro benzene ring substituents is 1. The first-order valence-corrected chi connectivity index (χ1v) is 8.50. The topological polar surface area (TPSA) is 116 Å². The molecule has 2 unspecified atom stereocenters. The third-order valence-electron chi connectivity index (χ3n) is 3.45. The zero-order valence-corrected chi connectivity index (χ0v) is 13.3. The Morgan fingerprint density at radius 2 is 1.96 bits per heavy atom. The summed E-state index contributed by atoms with van der Waals surface area (Å²) < 4.78 is 17.6. The van der Waals surface area contributed by atoms with Crippen molar-refractivity contribution < 1.29 is 18.9 Å². The normalized spacial score (nSPS) is 14.9. The maximum absolute atomic E-state index is 12.4. The summed E-state index contributed by atoms with van der Waals surface area (Å²) >= 11 is 0. The minimum atomic E-state index is -4.12. The first-order chi connectivity index (χ1) is 10.8. The van der Waals surface area contributed by atoms with Gasteiger partial charge in [0.25, 0.3) is 5.69 Å². The van der Waals surface area contributed by atoms with Gasteiger partial charge in [-0.05, 0) is 24.6 Å². The Morgan fingerprint density at radius 3 is 2.57 bits per heavy atom. The monoisotopic (exact) mass is 336 g/mol. The molecule has 0 bridgehead atoms. The molecule has 8 heteroatoms. The van der Waals surface area contributed by atoms with Gasteiger partial charge in [0.1, 0.15) is 0 Å². The maximum Gasteiger partial charge on any atom is 0.335 e. The van der Waals surface area contributed by atoms with E-state index in [0.717, 1.165) is 5.56 Å². The molecule has 0 radical (unpaired) electrons. The minimum absolute atomic E-state index is 0.0604. The molecule has 0 aliphatic heterocycles. The maximum atomic E-state index is 12.4. The highest BCUT2D eigenvalue weighted by molar-refractivity contribution is 7.53. The van der Waals surface area contributed by atoms with Gasteiger partial charge >= 0.3 is 7.60 Å². The predicted molar refractivity (Wildman–Crippen MR) is 87.0 cm³/mol. The van der Waals surface area contributed by atoms with E-state index in [1.165, 1.54) is 25.1 Å². The SMILES string of the molecule is CC(c1cc(N)ccc1[N+](=O)[O-])P(=O)(O)OCc1ccccc1. The lowest BCUT2D eigenvalue weighted by molar-refractivity contribution is -0.385. The molecule has 122 valence electrons. The van der Waals surface area contributed by atoms with Crippen LogP contribution in [-0.4, -0.2) is 9.82 Å². The second kappa shape index (κ2) is 6.91. The van der Waals surface area contributed by atoms with E-state index in [1.807, 2.05) is 6.07 Å². The van der Waals surface area contributed by atoms with Crippen LogP contribution in [0.15, 0.2) is 48.5 Å². The zero-order valence-electron chi connectivity index (χ0n) is 12.5. The molecule has 2 aromatic rings. The summed E-state index contributed by atoms with van der Waals surface area (Å²) in [5.41, 5.74) is 5.39. The summed E-state index contributed by atoms with van der Waals surface area (Å²) in [7, 11) is -4.12. The van der Waals surface area contributed by atoms with Crippen LogP contribution in [0.2, 0.25) is 0 Å². The number of benzene rings is 2. The lowest BCUT2D eigenvalue weighted by Crippen LogP contribution is -2.04. The number of nitrogen functional groups attached to an aromatic ring is 1. The Kier molecular flexibility index (Phi) is 5.15. The average molecular weight is 336 g/mol. The summed E-state index contributed by atoms with van der Waals surface area (Å²) in [6.45, 7) is 1.35. The molecule has 7 nitrogen and oxygen atoms in total. The van der Waals surface area contributed by atoms with E-state index in [1.54, 1.807) is 24.3 Å². The second-order valence-electron chi connectivity index (χ2n) is 5.07. The van der Waals surface area contributed by atoms with E-state index in [0.29, 0.717) is 0 Å². The fourth-order valence-corrected chi connectivity index (χ4v) is 3.22. The molecule has 0 heterocycles. The third kappa shape index (κ3) is 4.16. The fourth-order valence-electron chi connectivity index (χ4n) is 2.10. The predicted octanol–water partition coefficient (Wildman–Crippen LogP) is 3.64. The van der Waals surface area contributed by atoms with Gasteiger partial charge in [0.05, 0.1) is 17.2 Å². The van der Waals surface area contributed by atoms with Crippen LogP contribution < -0.4 is 5.73 Å². The quantitative estimate of drug-likeness (QED) is 0.360. The summed E-state index contributed by atoms with van der Waals surface area (Å²) in [6, 6.07) is 12.8. The molecule has 0 amide bonds. The van der Waals surface area contributed by atoms with Crippen molar-refractivity contribution in [3.05, 3.63) is 69.8 Å². The fraction of sp³-hybridized carbons (Fsp3) is 0.200. The first kappa shape index (κ1) is 17.1. The Labute approximate surface area is 133 Å². The van der Waals surface area contributed by atoms with Crippen LogP contribution in [0, 0.1) is 10.1 Å². The van der Waals surface area contributed by atoms with Gasteiger partial charge in [0.15, 0.2) is 0 Å². The van der Waals surface area contributed by atoms with E-state index in [-0.39, 0.29) is 23.5 Å². The summed E-state index contributed by atoms with van der Waals surface area (Å²) in [5, 5.41) is 11.1. The molecule has 0 saturated carbocycles. The van der Waals surface area contributed by atoms with Crippen molar-refractivity contribution >= 4 is 19.0 Å². The number of hydrogen-bond donors (Lipinski definition) is 2. The van der Waals surface area contributed by atoms with Crippen LogP contribution >= 0.6 is 7.60 Å². The molecule has 0 aromatic heterocycles. The van der Waals surface area contributed by atoms with Crippen molar-refractivity contribution in [1.82, 2.24) is 0 Å². The zero-order chi connectivity index (χ0) is 17.0. The lowest BCUT2D eigenvalue weighted by Gasteiger charge is -2.19. The van der Waals surface area contributed by atoms with E-state index >= 15 is 0 Å². The van der Waals surface area contributed by atoms with Crippen LogP contribution in [0.5, 0.6) is 0 Å². The van der Waals surface area contributed by atoms with Crippen LogP contribution in [0.4, 0.5) is 11.4 Å². The first-order valence-electron chi connectivity index (χ1n) is 6.86. The largest absolute Gasteiger partial charge is 0.399 e. The van der Waals surface area contributed by atoms with Gasteiger partial charge in [-0.2, -0.15) is 0 Å². The number of nitro groups is 1. The molecule has 0 aliphatic carbocycles. The number of hydrogen-bond acceptors (Lipinski definition) is 5. The summed E-state index contributed by atoms with van der Waals surface area (Å²) in [4.78, 5) is 20.7. The summed E-state index contributed by atoms with van der Waals surface area (Å²) in [5.74, 6) is 0. The van der Waals surface area contributed by atoms with Gasteiger partial charge in [-0.15, -0.1) is 0 Å². The molecule has 0 fully saturated rings. The van der Waals surface area contributed by atoms with Crippen molar-refractivity contribution in [1.29, 1.82) is 0 Å². The molecule has 2 atom stereocenters. The van der Waals surface area contributed by atoms with Crippen LogP contribution in [0.1, 0.15) is 23.7 Å². The van der Waals surface area contributed by atoms with Crippen LogP contribution in [0.25, 0.3) is 0 Å². The molecular weight excluding hydrogens is 319 g/mol. The van der Waals surface area contributed by atoms with Gasteiger partial charge in [-0.1, -0.05) is 30.3 Å². The Balaban J connectivity index is 2.24. The summed E-state index contributed by atoms with van der Waals surface area (Å²) in [6.07, 6.45) is 0. The highest BCUT2D eigenvalue weighted by Gasteiger charge is 2.34. The molecule has 0 saturated heterocycles. The van der Waals surface area contributed by atoms with Crippen molar-refractivity contribution in [3.63, 3.8) is 0 Å². The van der Waals surface area contributed by atoms with E-state index in [9.17, 15) is 19.6 Å². The van der Waals surface area contributed by atoms with Crippen LogP contribution in [-0.2, 0) is 15.7 Å². The molecule has 3 N–H and O–H groups in total. The Bertz CT molecular complexity index is 751. The van der Waals surface area contributed by atoms with Gasteiger partial charge in [0, 0.05) is 17.3 Å². The van der Waals surface area contributed by atoms with Crippen molar-refractivity contribution in [3.8, 4) is 0 Å².